The summed E-state index contributed by atoms with van der Waals surface area (Å²) in [6.45, 7) is 1.85. The Labute approximate surface area is 182 Å². The van der Waals surface area contributed by atoms with Crippen LogP contribution in [-0.2, 0) is 4.79 Å². The number of hydrogen-bond acceptors (Lipinski definition) is 6. The maximum Gasteiger partial charge on any atom is 0.237 e. The molecule has 0 fully saturated rings. The number of hydrogen-bond donors (Lipinski definition) is 1. The Morgan fingerprint density at radius 3 is 2.57 bits per heavy atom. The van der Waals surface area contributed by atoms with E-state index in [0.29, 0.717) is 16.6 Å². The van der Waals surface area contributed by atoms with Gasteiger partial charge in [-0.15, -0.1) is 21.5 Å². The molecule has 4 rings (SSSR count). The summed E-state index contributed by atoms with van der Waals surface area (Å²) < 4.78 is 7.31. The number of carbonyl (C=O) groups is 1. The molecule has 152 valence electrons. The number of anilines is 1. The second-order valence-electron chi connectivity index (χ2n) is 6.40. The summed E-state index contributed by atoms with van der Waals surface area (Å²) in [4.78, 5) is 13.8. The first-order valence-corrected chi connectivity index (χ1v) is 11.1. The zero-order valence-electron chi connectivity index (χ0n) is 16.5. The molecule has 1 amide bonds. The van der Waals surface area contributed by atoms with Crippen molar-refractivity contribution in [3.63, 3.8) is 0 Å². The van der Waals surface area contributed by atoms with E-state index in [1.54, 1.807) is 18.4 Å². The molecule has 0 saturated heterocycles. The number of thioether (sulfide) groups is 1. The zero-order valence-corrected chi connectivity index (χ0v) is 18.1. The van der Waals surface area contributed by atoms with Gasteiger partial charge in [0.15, 0.2) is 11.0 Å². The predicted octanol–water partition coefficient (Wildman–Crippen LogP) is 5.12. The summed E-state index contributed by atoms with van der Waals surface area (Å²) >= 11 is 2.97. The van der Waals surface area contributed by atoms with Crippen molar-refractivity contribution in [1.29, 1.82) is 0 Å². The Morgan fingerprint density at radius 2 is 1.83 bits per heavy atom. The Bertz CT molecular complexity index is 1130. The Morgan fingerprint density at radius 1 is 1.07 bits per heavy atom. The fourth-order valence-electron chi connectivity index (χ4n) is 2.92. The minimum Gasteiger partial charge on any atom is -0.495 e. The van der Waals surface area contributed by atoms with Crippen LogP contribution in [0.15, 0.2) is 77.3 Å². The number of carbonyl (C=O) groups excluding carboxylic acids is 1. The third-order valence-electron chi connectivity index (χ3n) is 4.41. The number of para-hydroxylation sites is 3. The van der Waals surface area contributed by atoms with Gasteiger partial charge in [-0.2, -0.15) is 0 Å². The average Bonchev–Trinajstić information content (AvgIpc) is 3.44. The summed E-state index contributed by atoms with van der Waals surface area (Å²) in [5, 5.41) is 14.0. The highest BCUT2D eigenvalue weighted by Crippen LogP contribution is 2.32. The molecule has 0 spiro atoms. The number of nitrogens with one attached hydrogen (secondary N) is 1. The molecule has 0 radical (unpaired) electrons. The van der Waals surface area contributed by atoms with E-state index in [1.807, 2.05) is 83.6 Å². The van der Waals surface area contributed by atoms with Crippen molar-refractivity contribution in [2.45, 2.75) is 17.3 Å². The molecule has 2 heterocycles. The monoisotopic (exact) mass is 436 g/mol. The van der Waals surface area contributed by atoms with E-state index < -0.39 is 5.25 Å². The number of ether oxygens (including phenoxy) is 1. The van der Waals surface area contributed by atoms with Crippen molar-refractivity contribution in [2.75, 3.05) is 12.4 Å². The fraction of sp³-hybridized carbons (Fsp3) is 0.136. The standard InChI is InChI=1S/C22H20N4O2S2/c1-15(21(27)23-17-11-6-7-12-18(17)28-2)30-22-25-24-20(19-13-8-14-29-19)26(22)16-9-4-3-5-10-16/h3-15H,1-2H3,(H,23,27)/t15-/m1/s1. The molecule has 0 aliphatic carbocycles. The number of thiophene rings is 1. The molecule has 0 saturated carbocycles. The van der Waals surface area contributed by atoms with E-state index in [2.05, 4.69) is 15.5 Å². The molecule has 2 aromatic carbocycles. The first kappa shape index (κ1) is 20.2. The van der Waals surface area contributed by atoms with Gasteiger partial charge in [-0.1, -0.05) is 48.2 Å². The molecule has 0 unspecified atom stereocenters. The molecule has 2 aromatic heterocycles. The number of methoxy groups -OCH3 is 1. The summed E-state index contributed by atoms with van der Waals surface area (Å²) in [5.74, 6) is 1.25. The van der Waals surface area contributed by atoms with E-state index in [1.165, 1.54) is 11.8 Å². The highest BCUT2D eigenvalue weighted by atomic mass is 32.2. The van der Waals surface area contributed by atoms with Gasteiger partial charge in [0.2, 0.25) is 5.91 Å². The van der Waals surface area contributed by atoms with Crippen molar-refractivity contribution < 1.29 is 9.53 Å². The summed E-state index contributed by atoms with van der Waals surface area (Å²) in [6.07, 6.45) is 0. The summed E-state index contributed by atoms with van der Waals surface area (Å²) in [5.41, 5.74) is 1.59. The second-order valence-corrected chi connectivity index (χ2v) is 8.66. The third kappa shape index (κ3) is 4.24. The first-order valence-electron chi connectivity index (χ1n) is 9.32. The van der Waals surface area contributed by atoms with Crippen molar-refractivity contribution in [3.05, 3.63) is 72.1 Å². The summed E-state index contributed by atoms with van der Waals surface area (Å²) in [7, 11) is 1.58. The molecule has 0 aliphatic rings. The Kier molecular flexibility index (Phi) is 6.15. The number of benzene rings is 2. The quantitative estimate of drug-likeness (QED) is 0.407. The van der Waals surface area contributed by atoms with Crippen LogP contribution in [0, 0.1) is 0 Å². The molecule has 30 heavy (non-hydrogen) atoms. The van der Waals surface area contributed by atoms with Crippen molar-refractivity contribution in [3.8, 4) is 22.1 Å². The van der Waals surface area contributed by atoms with Crippen molar-refractivity contribution >= 4 is 34.7 Å². The molecule has 4 aromatic rings. The van der Waals surface area contributed by atoms with Gasteiger partial charge >= 0.3 is 0 Å². The summed E-state index contributed by atoms with van der Waals surface area (Å²) in [6, 6.07) is 21.3. The lowest BCUT2D eigenvalue weighted by Crippen LogP contribution is -2.23. The second kappa shape index (κ2) is 9.15. The van der Waals surface area contributed by atoms with Gasteiger partial charge in [-0.25, -0.2) is 0 Å². The molecular formula is C22H20N4O2S2. The topological polar surface area (TPSA) is 69.0 Å². The molecule has 0 bridgehead atoms. The predicted molar refractivity (Wildman–Crippen MR) is 122 cm³/mol. The van der Waals surface area contributed by atoms with Gasteiger partial charge in [0, 0.05) is 5.69 Å². The minimum atomic E-state index is -0.391. The van der Waals surface area contributed by atoms with Gasteiger partial charge in [0.25, 0.3) is 0 Å². The smallest absolute Gasteiger partial charge is 0.237 e. The van der Waals surface area contributed by atoms with Crippen LogP contribution in [-0.4, -0.2) is 33.0 Å². The minimum absolute atomic E-state index is 0.134. The normalized spacial score (nSPS) is 11.8. The van der Waals surface area contributed by atoms with E-state index in [-0.39, 0.29) is 5.91 Å². The van der Waals surface area contributed by atoms with E-state index in [9.17, 15) is 4.79 Å². The zero-order chi connectivity index (χ0) is 20.9. The van der Waals surface area contributed by atoms with Gasteiger partial charge < -0.3 is 10.1 Å². The van der Waals surface area contributed by atoms with Gasteiger partial charge in [-0.3, -0.25) is 9.36 Å². The molecule has 6 nitrogen and oxygen atoms in total. The molecule has 1 atom stereocenters. The highest BCUT2D eigenvalue weighted by Gasteiger charge is 2.22. The number of aromatic nitrogens is 3. The first-order chi connectivity index (χ1) is 14.7. The van der Waals surface area contributed by atoms with E-state index in [4.69, 9.17) is 4.74 Å². The van der Waals surface area contributed by atoms with E-state index in [0.717, 1.165) is 16.4 Å². The van der Waals surface area contributed by atoms with Crippen LogP contribution in [0.2, 0.25) is 0 Å². The van der Waals surface area contributed by atoms with Crippen LogP contribution in [0.25, 0.3) is 16.4 Å². The van der Waals surface area contributed by atoms with Gasteiger partial charge in [0.05, 0.1) is 22.9 Å². The maximum absolute atomic E-state index is 12.8. The van der Waals surface area contributed by atoms with Crippen LogP contribution in [0.1, 0.15) is 6.92 Å². The highest BCUT2D eigenvalue weighted by molar-refractivity contribution is 8.00. The van der Waals surface area contributed by atoms with Gasteiger partial charge in [-0.05, 0) is 42.6 Å². The molecular weight excluding hydrogens is 416 g/mol. The number of rotatable bonds is 7. The Balaban J connectivity index is 1.60. The number of nitrogens with zero attached hydrogens (tertiary/aromatic N) is 3. The van der Waals surface area contributed by atoms with Crippen molar-refractivity contribution in [2.24, 2.45) is 0 Å². The van der Waals surface area contributed by atoms with Crippen LogP contribution in [0.4, 0.5) is 5.69 Å². The Hall–Kier alpha value is -3.10. The maximum atomic E-state index is 12.8. The van der Waals surface area contributed by atoms with Crippen LogP contribution >= 0.6 is 23.1 Å². The molecule has 0 aliphatic heterocycles. The molecule has 8 heteroatoms. The van der Waals surface area contributed by atoms with Gasteiger partial charge in [0.1, 0.15) is 5.75 Å². The lowest BCUT2D eigenvalue weighted by Gasteiger charge is -2.15. The largest absolute Gasteiger partial charge is 0.495 e. The van der Waals surface area contributed by atoms with Crippen LogP contribution in [0.5, 0.6) is 5.75 Å². The van der Waals surface area contributed by atoms with E-state index >= 15 is 0 Å². The SMILES string of the molecule is COc1ccccc1NC(=O)[C@@H](C)Sc1nnc(-c2cccs2)n1-c1ccccc1. The lowest BCUT2D eigenvalue weighted by atomic mass is 10.3. The lowest BCUT2D eigenvalue weighted by molar-refractivity contribution is -0.115. The third-order valence-corrected chi connectivity index (χ3v) is 6.31. The van der Waals surface area contributed by atoms with Crippen LogP contribution in [0.3, 0.4) is 0 Å². The fourth-order valence-corrected chi connectivity index (χ4v) is 4.48. The van der Waals surface area contributed by atoms with Crippen LogP contribution < -0.4 is 10.1 Å². The van der Waals surface area contributed by atoms with Crippen molar-refractivity contribution in [1.82, 2.24) is 14.8 Å². The number of amides is 1. The average molecular weight is 437 g/mol. The molecule has 1 N–H and O–H groups in total.